The molecule has 0 aromatic carbocycles. The predicted octanol–water partition coefficient (Wildman–Crippen LogP) is 0.516. The molecule has 0 spiro atoms. The Hall–Kier alpha value is -0.990. The zero-order valence-electron chi connectivity index (χ0n) is 3.93. The normalized spacial score (nSPS) is 8.71. The van der Waals surface area contributed by atoms with Crippen LogP contribution in [0.5, 0.6) is 0 Å². The highest BCUT2D eigenvalue weighted by Crippen LogP contribution is 1.98. The van der Waals surface area contributed by atoms with Crippen LogP contribution in [0, 0.1) is 6.20 Å². The SMILES string of the molecule is CNc1[c]noc1. The second-order valence-corrected chi connectivity index (χ2v) is 1.09. The smallest absolute Gasteiger partial charge is 0.161 e. The number of hydrogen-bond donors (Lipinski definition) is 1. The number of aromatic nitrogens is 1. The summed E-state index contributed by atoms with van der Waals surface area (Å²) in [4.78, 5) is 0. The Balaban J connectivity index is 2.76. The van der Waals surface area contributed by atoms with Gasteiger partial charge in [-0.3, -0.25) is 0 Å². The van der Waals surface area contributed by atoms with Gasteiger partial charge >= 0.3 is 0 Å². The van der Waals surface area contributed by atoms with Crippen molar-refractivity contribution in [3.63, 3.8) is 0 Å². The van der Waals surface area contributed by atoms with Gasteiger partial charge in [0, 0.05) is 7.05 Å². The van der Waals surface area contributed by atoms with Crippen molar-refractivity contribution in [2.24, 2.45) is 0 Å². The van der Waals surface area contributed by atoms with Gasteiger partial charge in [0.25, 0.3) is 0 Å². The Bertz CT molecular complexity index is 124. The van der Waals surface area contributed by atoms with E-state index in [1.54, 1.807) is 7.05 Å². The van der Waals surface area contributed by atoms with Crippen LogP contribution in [0.15, 0.2) is 10.8 Å². The highest BCUT2D eigenvalue weighted by atomic mass is 16.5. The van der Waals surface area contributed by atoms with Crippen LogP contribution in [0.4, 0.5) is 5.69 Å². The van der Waals surface area contributed by atoms with Gasteiger partial charge in [0.15, 0.2) is 6.20 Å². The molecular formula is C4H5N2O. The largest absolute Gasteiger partial charge is 0.384 e. The van der Waals surface area contributed by atoms with Gasteiger partial charge < -0.3 is 9.84 Å². The minimum atomic E-state index is 0.778. The van der Waals surface area contributed by atoms with E-state index in [4.69, 9.17) is 0 Å². The first kappa shape index (κ1) is 4.18. The summed E-state index contributed by atoms with van der Waals surface area (Å²) in [6.45, 7) is 0. The summed E-state index contributed by atoms with van der Waals surface area (Å²) in [6.07, 6.45) is 4.05. The molecule has 7 heavy (non-hydrogen) atoms. The molecule has 1 aromatic rings. The molecule has 1 N–H and O–H groups in total. The second-order valence-electron chi connectivity index (χ2n) is 1.09. The van der Waals surface area contributed by atoms with Gasteiger partial charge in [-0.25, -0.2) is 0 Å². The zero-order chi connectivity index (χ0) is 5.11. The highest BCUT2D eigenvalue weighted by molar-refractivity contribution is 5.33. The number of anilines is 1. The fourth-order valence-electron chi connectivity index (χ4n) is 0.296. The first-order chi connectivity index (χ1) is 3.43. The maximum atomic E-state index is 4.44. The summed E-state index contributed by atoms with van der Waals surface area (Å²) >= 11 is 0. The van der Waals surface area contributed by atoms with E-state index in [2.05, 4.69) is 21.2 Å². The topological polar surface area (TPSA) is 38.1 Å². The number of nitrogens with one attached hydrogen (secondary N) is 1. The summed E-state index contributed by atoms with van der Waals surface area (Å²) in [5.41, 5.74) is 0.778. The number of nitrogens with zero attached hydrogens (tertiary/aromatic N) is 1. The molecule has 0 aliphatic heterocycles. The number of hydrogen-bond acceptors (Lipinski definition) is 3. The first-order valence-electron chi connectivity index (χ1n) is 1.93. The van der Waals surface area contributed by atoms with Gasteiger partial charge in [-0.2, -0.15) is 0 Å². The molecular weight excluding hydrogens is 92.1 g/mol. The molecule has 3 heteroatoms. The lowest BCUT2D eigenvalue weighted by Gasteiger charge is -1.82. The van der Waals surface area contributed by atoms with Gasteiger partial charge in [-0.15, -0.1) is 0 Å². The van der Waals surface area contributed by atoms with Crippen molar-refractivity contribution < 1.29 is 4.52 Å². The molecule has 0 unspecified atom stereocenters. The third kappa shape index (κ3) is 0.707. The summed E-state index contributed by atoms with van der Waals surface area (Å²) in [5.74, 6) is 0. The van der Waals surface area contributed by atoms with Crippen molar-refractivity contribution in [1.82, 2.24) is 5.16 Å². The van der Waals surface area contributed by atoms with E-state index in [9.17, 15) is 0 Å². The van der Waals surface area contributed by atoms with Crippen LogP contribution < -0.4 is 5.32 Å². The Kier molecular flexibility index (Phi) is 0.978. The monoisotopic (exact) mass is 97.0 g/mol. The zero-order valence-corrected chi connectivity index (χ0v) is 3.93. The van der Waals surface area contributed by atoms with Crippen LogP contribution in [-0.2, 0) is 0 Å². The van der Waals surface area contributed by atoms with Crippen LogP contribution in [0.2, 0.25) is 0 Å². The summed E-state index contributed by atoms with van der Waals surface area (Å²) in [7, 11) is 1.78. The van der Waals surface area contributed by atoms with Crippen LogP contribution in [0.3, 0.4) is 0 Å². The maximum absolute atomic E-state index is 4.44. The first-order valence-corrected chi connectivity index (χ1v) is 1.93. The van der Waals surface area contributed by atoms with Gasteiger partial charge in [0.05, 0.1) is 0 Å². The summed E-state index contributed by atoms with van der Waals surface area (Å²) in [5, 5.41) is 6.13. The molecule has 0 saturated heterocycles. The highest BCUT2D eigenvalue weighted by Gasteiger charge is 1.85. The fourth-order valence-corrected chi connectivity index (χ4v) is 0.296. The Morgan fingerprint density at radius 1 is 2.00 bits per heavy atom. The maximum Gasteiger partial charge on any atom is 0.161 e. The van der Waals surface area contributed by atoms with Crippen LogP contribution in [0.25, 0.3) is 0 Å². The molecule has 1 radical (unpaired) electrons. The molecule has 1 aromatic heterocycles. The van der Waals surface area contributed by atoms with E-state index in [-0.39, 0.29) is 0 Å². The predicted molar refractivity (Wildman–Crippen MR) is 24.9 cm³/mol. The Morgan fingerprint density at radius 3 is 3.14 bits per heavy atom. The standard InChI is InChI=1S/C4H5N2O/c1-5-4-2-6-7-3-4/h3,5H,1H3. The van der Waals surface area contributed by atoms with Crippen molar-refractivity contribution in [2.45, 2.75) is 0 Å². The number of rotatable bonds is 1. The Labute approximate surface area is 41.3 Å². The molecule has 37 valence electrons. The lowest BCUT2D eigenvalue weighted by molar-refractivity contribution is 0.418. The van der Waals surface area contributed by atoms with Gasteiger partial charge in [-0.1, -0.05) is 5.16 Å². The van der Waals surface area contributed by atoms with Crippen molar-refractivity contribution in [1.29, 1.82) is 0 Å². The second kappa shape index (κ2) is 1.64. The lowest BCUT2D eigenvalue weighted by Crippen LogP contribution is -1.82. The van der Waals surface area contributed by atoms with Gasteiger partial charge in [-0.05, 0) is 0 Å². The molecule has 1 rings (SSSR count). The van der Waals surface area contributed by atoms with Crippen molar-refractivity contribution in [3.8, 4) is 0 Å². The van der Waals surface area contributed by atoms with Crippen LogP contribution in [-0.4, -0.2) is 12.2 Å². The van der Waals surface area contributed by atoms with E-state index in [0.717, 1.165) is 5.69 Å². The van der Waals surface area contributed by atoms with E-state index in [1.165, 1.54) is 6.26 Å². The van der Waals surface area contributed by atoms with Crippen LogP contribution >= 0.6 is 0 Å². The van der Waals surface area contributed by atoms with Crippen LogP contribution in [0.1, 0.15) is 0 Å². The molecule has 1 heterocycles. The molecule has 0 amide bonds. The fraction of sp³-hybridized carbons (Fsp3) is 0.250. The summed E-state index contributed by atoms with van der Waals surface area (Å²) < 4.78 is 4.44. The van der Waals surface area contributed by atoms with E-state index in [0.29, 0.717) is 0 Å². The molecule has 3 nitrogen and oxygen atoms in total. The van der Waals surface area contributed by atoms with E-state index < -0.39 is 0 Å². The average molecular weight is 97.1 g/mol. The average Bonchev–Trinajstić information content (AvgIpc) is 2.14. The van der Waals surface area contributed by atoms with Crippen molar-refractivity contribution in [2.75, 3.05) is 12.4 Å². The quantitative estimate of drug-likeness (QED) is 0.555. The molecule has 0 bridgehead atoms. The van der Waals surface area contributed by atoms with Gasteiger partial charge in [0.2, 0.25) is 0 Å². The summed E-state index contributed by atoms with van der Waals surface area (Å²) in [6, 6.07) is 0. The molecule has 0 saturated carbocycles. The van der Waals surface area contributed by atoms with E-state index >= 15 is 0 Å². The molecule has 0 aliphatic rings. The van der Waals surface area contributed by atoms with Crippen molar-refractivity contribution >= 4 is 5.69 Å². The van der Waals surface area contributed by atoms with Crippen molar-refractivity contribution in [3.05, 3.63) is 12.5 Å². The third-order valence-corrected chi connectivity index (χ3v) is 0.659. The molecule has 0 fully saturated rings. The molecule has 0 aliphatic carbocycles. The Morgan fingerprint density at radius 2 is 2.86 bits per heavy atom. The van der Waals surface area contributed by atoms with Gasteiger partial charge in [0.1, 0.15) is 12.0 Å². The lowest BCUT2D eigenvalue weighted by atomic mass is 10.6. The minimum absolute atomic E-state index is 0.778. The van der Waals surface area contributed by atoms with E-state index in [1.807, 2.05) is 0 Å². The minimum Gasteiger partial charge on any atom is -0.384 e. The third-order valence-electron chi connectivity index (χ3n) is 0.659. The molecule has 0 atom stereocenters.